The standard InChI is InChI=1S/C17H26N2O.ClH/c1-12-6-7-14(13(2)10-12)16(20)19-11-15-17(3,4)8-5-9-18-15;/h6-7,10,15,18H,5,8-9,11H2,1-4H3,(H,19,20);1H. The third-order valence-electron chi connectivity index (χ3n) is 4.43. The molecule has 2 N–H and O–H groups in total. The predicted molar refractivity (Wildman–Crippen MR) is 90.3 cm³/mol. The van der Waals surface area contributed by atoms with E-state index in [2.05, 4.69) is 30.5 Å². The second kappa shape index (κ2) is 7.28. The van der Waals surface area contributed by atoms with E-state index in [1.54, 1.807) is 0 Å². The number of rotatable bonds is 3. The molecular weight excluding hydrogens is 284 g/mol. The summed E-state index contributed by atoms with van der Waals surface area (Å²) in [7, 11) is 0. The number of benzene rings is 1. The van der Waals surface area contributed by atoms with Crippen LogP contribution in [0.15, 0.2) is 18.2 Å². The highest BCUT2D eigenvalue weighted by Gasteiger charge is 2.32. The Kier molecular flexibility index (Phi) is 6.24. The van der Waals surface area contributed by atoms with Crippen molar-refractivity contribution in [1.82, 2.24) is 10.6 Å². The van der Waals surface area contributed by atoms with Crippen LogP contribution in [0.1, 0.15) is 48.2 Å². The molecule has 0 radical (unpaired) electrons. The van der Waals surface area contributed by atoms with E-state index in [0.717, 1.165) is 17.7 Å². The fourth-order valence-corrected chi connectivity index (χ4v) is 2.98. The fraction of sp³-hybridized carbons (Fsp3) is 0.588. The molecule has 1 aromatic carbocycles. The van der Waals surface area contributed by atoms with Gasteiger partial charge in [0.05, 0.1) is 0 Å². The van der Waals surface area contributed by atoms with Crippen molar-refractivity contribution in [1.29, 1.82) is 0 Å². The van der Waals surface area contributed by atoms with E-state index in [4.69, 9.17) is 0 Å². The number of piperidine rings is 1. The van der Waals surface area contributed by atoms with Gasteiger partial charge in [-0.2, -0.15) is 0 Å². The Morgan fingerprint density at radius 1 is 1.38 bits per heavy atom. The van der Waals surface area contributed by atoms with Crippen LogP contribution in [0.3, 0.4) is 0 Å². The summed E-state index contributed by atoms with van der Waals surface area (Å²) in [5.74, 6) is 0.0330. The Labute approximate surface area is 134 Å². The number of nitrogens with one attached hydrogen (secondary N) is 2. The molecule has 0 saturated carbocycles. The molecular formula is C17H27ClN2O. The van der Waals surface area contributed by atoms with Crippen molar-refractivity contribution in [3.05, 3.63) is 34.9 Å². The minimum absolute atomic E-state index is 0. The first-order valence-corrected chi connectivity index (χ1v) is 7.49. The lowest BCUT2D eigenvalue weighted by Crippen LogP contribution is -2.52. The summed E-state index contributed by atoms with van der Waals surface area (Å²) < 4.78 is 0. The zero-order valence-electron chi connectivity index (χ0n) is 13.5. The van der Waals surface area contributed by atoms with Gasteiger partial charge in [-0.3, -0.25) is 4.79 Å². The van der Waals surface area contributed by atoms with E-state index >= 15 is 0 Å². The van der Waals surface area contributed by atoms with Crippen molar-refractivity contribution in [2.24, 2.45) is 5.41 Å². The van der Waals surface area contributed by atoms with Gasteiger partial charge in [0.1, 0.15) is 0 Å². The topological polar surface area (TPSA) is 41.1 Å². The maximum absolute atomic E-state index is 12.3. The van der Waals surface area contributed by atoms with E-state index < -0.39 is 0 Å². The number of hydrogen-bond donors (Lipinski definition) is 2. The molecule has 0 aliphatic carbocycles. The maximum atomic E-state index is 12.3. The summed E-state index contributed by atoms with van der Waals surface area (Å²) in [6.45, 7) is 10.3. The zero-order chi connectivity index (χ0) is 14.8. The van der Waals surface area contributed by atoms with Crippen LogP contribution in [0, 0.1) is 19.3 Å². The van der Waals surface area contributed by atoms with Crippen molar-refractivity contribution in [3.63, 3.8) is 0 Å². The zero-order valence-corrected chi connectivity index (χ0v) is 14.3. The highest BCUT2D eigenvalue weighted by molar-refractivity contribution is 5.95. The molecule has 2 rings (SSSR count). The van der Waals surface area contributed by atoms with Crippen LogP contribution in [0.2, 0.25) is 0 Å². The summed E-state index contributed by atoms with van der Waals surface area (Å²) in [5.41, 5.74) is 3.25. The SMILES string of the molecule is Cc1ccc(C(=O)NCC2NCCCC2(C)C)c(C)c1.Cl. The summed E-state index contributed by atoms with van der Waals surface area (Å²) in [6, 6.07) is 6.31. The number of amides is 1. The summed E-state index contributed by atoms with van der Waals surface area (Å²) in [5, 5.41) is 6.61. The number of carbonyl (C=O) groups is 1. The number of aryl methyl sites for hydroxylation is 2. The molecule has 0 bridgehead atoms. The lowest BCUT2D eigenvalue weighted by atomic mass is 9.77. The van der Waals surface area contributed by atoms with Crippen LogP contribution >= 0.6 is 12.4 Å². The van der Waals surface area contributed by atoms with Crippen LogP contribution in [0.25, 0.3) is 0 Å². The van der Waals surface area contributed by atoms with Gasteiger partial charge in [-0.25, -0.2) is 0 Å². The smallest absolute Gasteiger partial charge is 0.251 e. The summed E-state index contributed by atoms with van der Waals surface area (Å²) in [6.07, 6.45) is 2.43. The lowest BCUT2D eigenvalue weighted by molar-refractivity contribution is 0.0928. The van der Waals surface area contributed by atoms with Gasteiger partial charge in [0, 0.05) is 18.2 Å². The van der Waals surface area contributed by atoms with Gasteiger partial charge >= 0.3 is 0 Å². The Bertz CT molecular complexity index is 500. The molecule has 1 amide bonds. The molecule has 118 valence electrons. The van der Waals surface area contributed by atoms with Crippen molar-refractivity contribution in [2.75, 3.05) is 13.1 Å². The molecule has 3 nitrogen and oxygen atoms in total. The molecule has 1 aliphatic heterocycles. The average Bonchev–Trinajstić information content (AvgIpc) is 2.36. The van der Waals surface area contributed by atoms with Gasteiger partial charge in [0.15, 0.2) is 0 Å². The maximum Gasteiger partial charge on any atom is 0.251 e. The third kappa shape index (κ3) is 4.45. The molecule has 1 aromatic rings. The first-order chi connectivity index (χ1) is 9.40. The van der Waals surface area contributed by atoms with Gasteiger partial charge in [-0.15, -0.1) is 12.4 Å². The quantitative estimate of drug-likeness (QED) is 0.900. The van der Waals surface area contributed by atoms with Crippen molar-refractivity contribution in [2.45, 2.75) is 46.6 Å². The van der Waals surface area contributed by atoms with E-state index in [0.29, 0.717) is 12.6 Å². The molecule has 21 heavy (non-hydrogen) atoms. The first kappa shape index (κ1) is 18.0. The molecule has 1 unspecified atom stereocenters. The van der Waals surface area contributed by atoms with Crippen LogP contribution < -0.4 is 10.6 Å². The molecule has 1 heterocycles. The molecule has 1 aliphatic rings. The summed E-state index contributed by atoms with van der Waals surface area (Å²) >= 11 is 0. The summed E-state index contributed by atoms with van der Waals surface area (Å²) in [4.78, 5) is 12.3. The van der Waals surface area contributed by atoms with Gasteiger partial charge in [-0.05, 0) is 50.3 Å². The Balaban J connectivity index is 0.00000220. The highest BCUT2D eigenvalue weighted by Crippen LogP contribution is 2.29. The van der Waals surface area contributed by atoms with Gasteiger partial charge in [-0.1, -0.05) is 31.5 Å². The largest absolute Gasteiger partial charge is 0.350 e. The van der Waals surface area contributed by atoms with Crippen LogP contribution in [-0.2, 0) is 0 Å². The highest BCUT2D eigenvalue weighted by atomic mass is 35.5. The molecule has 4 heteroatoms. The van der Waals surface area contributed by atoms with E-state index in [1.165, 1.54) is 18.4 Å². The molecule has 1 fully saturated rings. The number of halogens is 1. The van der Waals surface area contributed by atoms with Gasteiger partial charge in [0.2, 0.25) is 0 Å². The second-order valence-electron chi connectivity index (χ2n) is 6.63. The van der Waals surface area contributed by atoms with Gasteiger partial charge in [0.25, 0.3) is 5.91 Å². The lowest BCUT2D eigenvalue weighted by Gasteiger charge is -2.39. The molecule has 0 spiro atoms. The number of carbonyl (C=O) groups excluding carboxylic acids is 1. The average molecular weight is 311 g/mol. The minimum Gasteiger partial charge on any atom is -0.350 e. The number of hydrogen-bond acceptors (Lipinski definition) is 2. The molecule has 1 atom stereocenters. The van der Waals surface area contributed by atoms with Crippen LogP contribution in [0.4, 0.5) is 0 Å². The fourth-order valence-electron chi connectivity index (χ4n) is 2.98. The van der Waals surface area contributed by atoms with Crippen molar-refractivity contribution >= 4 is 18.3 Å². The van der Waals surface area contributed by atoms with E-state index in [9.17, 15) is 4.79 Å². The normalized spacial score (nSPS) is 20.5. The Morgan fingerprint density at radius 2 is 2.10 bits per heavy atom. The van der Waals surface area contributed by atoms with E-state index in [-0.39, 0.29) is 23.7 Å². The van der Waals surface area contributed by atoms with Crippen LogP contribution in [0.5, 0.6) is 0 Å². The Hall–Kier alpha value is -1.06. The van der Waals surface area contributed by atoms with E-state index in [1.807, 2.05) is 26.0 Å². The Morgan fingerprint density at radius 3 is 2.71 bits per heavy atom. The third-order valence-corrected chi connectivity index (χ3v) is 4.43. The monoisotopic (exact) mass is 310 g/mol. The minimum atomic E-state index is 0. The van der Waals surface area contributed by atoms with Crippen molar-refractivity contribution < 1.29 is 4.79 Å². The van der Waals surface area contributed by atoms with Gasteiger partial charge < -0.3 is 10.6 Å². The van der Waals surface area contributed by atoms with Crippen LogP contribution in [-0.4, -0.2) is 25.0 Å². The molecule has 0 aromatic heterocycles. The predicted octanol–water partition coefficient (Wildman–Crippen LogP) is 3.23. The second-order valence-corrected chi connectivity index (χ2v) is 6.63. The van der Waals surface area contributed by atoms with Crippen molar-refractivity contribution in [3.8, 4) is 0 Å². The molecule has 1 saturated heterocycles. The first-order valence-electron chi connectivity index (χ1n) is 7.49.